The fraction of sp³-hybridized carbons (Fsp3) is 0.531. The van der Waals surface area contributed by atoms with Crippen molar-refractivity contribution in [3.63, 3.8) is 0 Å². The number of piperazine rings is 1. The summed E-state index contributed by atoms with van der Waals surface area (Å²) < 4.78 is 45.4. The molecule has 11 nitrogen and oxygen atoms in total. The lowest BCUT2D eigenvalue weighted by atomic mass is 9.83. The number of nitrogens with zero attached hydrogens (tertiary/aromatic N) is 2. The van der Waals surface area contributed by atoms with Gasteiger partial charge in [-0.15, -0.1) is 0 Å². The Morgan fingerprint density at radius 1 is 1.00 bits per heavy atom. The van der Waals surface area contributed by atoms with Crippen LogP contribution in [-0.4, -0.2) is 83.7 Å². The molecule has 1 saturated heterocycles. The highest BCUT2D eigenvalue weighted by molar-refractivity contribution is 5.98. The molecular formula is C32H41F3N6O5. The molecule has 2 aliphatic rings. The molecule has 14 heteroatoms. The van der Waals surface area contributed by atoms with Crippen LogP contribution in [0.25, 0.3) is 0 Å². The molecule has 2 aromatic rings. The van der Waals surface area contributed by atoms with E-state index in [1.807, 2.05) is 7.05 Å². The second-order valence-corrected chi connectivity index (χ2v) is 12.0. The van der Waals surface area contributed by atoms with E-state index in [0.29, 0.717) is 44.6 Å². The maximum absolute atomic E-state index is 15.4. The van der Waals surface area contributed by atoms with E-state index in [1.165, 1.54) is 12.1 Å². The maximum atomic E-state index is 15.4. The SMILES string of the molecule is CCC(=O)N[C@H](Cc1ccc(NC(=O)[C@@H](NC(=O)C(F)(F)c2ccc(=O)[nH]c2)C2CCCCC2)c(F)c1)C(=O)N1CCN(C)CC1. The molecule has 4 rings (SSSR count). The summed E-state index contributed by atoms with van der Waals surface area (Å²) in [6.07, 6.45) is 4.33. The lowest BCUT2D eigenvalue weighted by Crippen LogP contribution is -2.54. The molecular weight excluding hydrogens is 605 g/mol. The predicted molar refractivity (Wildman–Crippen MR) is 164 cm³/mol. The molecule has 0 unspecified atom stereocenters. The first-order valence-electron chi connectivity index (χ1n) is 15.6. The van der Waals surface area contributed by atoms with Crippen molar-refractivity contribution in [2.75, 3.05) is 38.5 Å². The number of hydrogen-bond acceptors (Lipinski definition) is 6. The molecule has 1 aromatic heterocycles. The van der Waals surface area contributed by atoms with Gasteiger partial charge in [0.2, 0.25) is 23.3 Å². The number of carbonyl (C=O) groups is 4. The Bertz CT molecular complexity index is 1450. The first-order valence-corrected chi connectivity index (χ1v) is 15.6. The number of alkyl halides is 2. The topological polar surface area (TPSA) is 144 Å². The predicted octanol–water partition coefficient (Wildman–Crippen LogP) is 2.52. The van der Waals surface area contributed by atoms with Gasteiger partial charge in [-0.1, -0.05) is 32.3 Å². The van der Waals surface area contributed by atoms with E-state index in [9.17, 15) is 24.0 Å². The Morgan fingerprint density at radius 2 is 1.70 bits per heavy atom. The van der Waals surface area contributed by atoms with Crippen LogP contribution in [0.2, 0.25) is 0 Å². The lowest BCUT2D eigenvalue weighted by molar-refractivity contribution is -0.149. The van der Waals surface area contributed by atoms with Crippen molar-refractivity contribution in [1.29, 1.82) is 0 Å². The second-order valence-electron chi connectivity index (χ2n) is 12.0. The van der Waals surface area contributed by atoms with Gasteiger partial charge in [-0.3, -0.25) is 24.0 Å². The standard InChI is InChI=1S/C32H41F3N6O5/c1-3-26(42)37-25(30(45)41-15-13-40(2)14-16-41)18-20-9-11-24(23(33)17-20)38-29(44)28(21-7-5-4-6-8-21)39-31(46)32(34,35)22-10-12-27(43)36-19-22/h9-12,17,19,21,25,28H,3-8,13-16,18H2,1-2H3,(H,36,43)(H,37,42)(H,38,44)(H,39,46)/t25-,28+/m1/s1. The molecule has 1 aromatic carbocycles. The van der Waals surface area contributed by atoms with Crippen molar-refractivity contribution in [3.8, 4) is 0 Å². The third-order valence-electron chi connectivity index (χ3n) is 8.62. The van der Waals surface area contributed by atoms with Crippen molar-refractivity contribution < 1.29 is 32.3 Å². The average Bonchev–Trinajstić information content (AvgIpc) is 3.04. The van der Waals surface area contributed by atoms with Gasteiger partial charge in [-0.05, 0) is 49.6 Å². The maximum Gasteiger partial charge on any atom is 0.351 e. The minimum absolute atomic E-state index is 0.0165. The molecule has 2 heterocycles. The van der Waals surface area contributed by atoms with Crippen molar-refractivity contribution >= 4 is 29.3 Å². The third-order valence-corrected chi connectivity index (χ3v) is 8.62. The third kappa shape index (κ3) is 8.74. The van der Waals surface area contributed by atoms with Crippen LogP contribution in [0, 0.1) is 11.7 Å². The second kappa shape index (κ2) is 15.4. The minimum Gasteiger partial charge on any atom is -0.344 e. The Morgan fingerprint density at radius 3 is 2.30 bits per heavy atom. The van der Waals surface area contributed by atoms with Crippen LogP contribution in [0.15, 0.2) is 41.3 Å². The average molecular weight is 647 g/mol. The summed E-state index contributed by atoms with van der Waals surface area (Å²) in [4.78, 5) is 68.9. The zero-order chi connectivity index (χ0) is 33.4. The van der Waals surface area contributed by atoms with E-state index in [4.69, 9.17) is 0 Å². The number of likely N-dealkylation sites (N-methyl/N-ethyl adjacent to an activating group) is 1. The van der Waals surface area contributed by atoms with Crippen LogP contribution in [0.1, 0.15) is 56.6 Å². The van der Waals surface area contributed by atoms with Gasteiger partial charge in [0.15, 0.2) is 0 Å². The smallest absolute Gasteiger partial charge is 0.344 e. The van der Waals surface area contributed by atoms with Crippen molar-refractivity contribution in [3.05, 3.63) is 63.8 Å². The van der Waals surface area contributed by atoms with E-state index in [1.54, 1.807) is 11.8 Å². The molecule has 0 radical (unpaired) electrons. The van der Waals surface area contributed by atoms with E-state index < -0.39 is 52.7 Å². The minimum atomic E-state index is -4.05. The largest absolute Gasteiger partial charge is 0.351 e. The van der Waals surface area contributed by atoms with Gasteiger partial charge in [-0.25, -0.2) is 4.39 Å². The summed E-state index contributed by atoms with van der Waals surface area (Å²) in [5, 5.41) is 7.36. The summed E-state index contributed by atoms with van der Waals surface area (Å²) in [5.74, 6) is -8.47. The van der Waals surface area contributed by atoms with Gasteiger partial charge >= 0.3 is 5.92 Å². The number of aromatic nitrogens is 1. The Labute approximate surface area is 265 Å². The monoisotopic (exact) mass is 646 g/mol. The summed E-state index contributed by atoms with van der Waals surface area (Å²) in [7, 11) is 1.95. The Kier molecular flexibility index (Phi) is 11.6. The van der Waals surface area contributed by atoms with Gasteiger partial charge in [0.1, 0.15) is 17.9 Å². The van der Waals surface area contributed by atoms with Crippen LogP contribution in [-0.2, 0) is 31.5 Å². The number of benzene rings is 1. The summed E-state index contributed by atoms with van der Waals surface area (Å²) in [5.41, 5.74) is -1.18. The number of halogens is 3. The van der Waals surface area contributed by atoms with Crippen molar-refractivity contribution in [1.82, 2.24) is 25.4 Å². The number of hydrogen-bond donors (Lipinski definition) is 4. The highest BCUT2D eigenvalue weighted by atomic mass is 19.3. The lowest BCUT2D eigenvalue weighted by Gasteiger charge is -2.34. The van der Waals surface area contributed by atoms with Gasteiger partial charge in [0, 0.05) is 56.8 Å². The number of anilines is 1. The van der Waals surface area contributed by atoms with Gasteiger partial charge in [0.05, 0.1) is 5.69 Å². The van der Waals surface area contributed by atoms with Gasteiger partial charge in [0.25, 0.3) is 5.91 Å². The van der Waals surface area contributed by atoms with Crippen molar-refractivity contribution in [2.45, 2.75) is 69.9 Å². The van der Waals surface area contributed by atoms with Crippen LogP contribution >= 0.6 is 0 Å². The number of nitrogens with one attached hydrogen (secondary N) is 4. The fourth-order valence-electron chi connectivity index (χ4n) is 5.81. The molecule has 0 spiro atoms. The van der Waals surface area contributed by atoms with E-state index >= 15 is 13.2 Å². The fourth-order valence-corrected chi connectivity index (χ4v) is 5.81. The van der Waals surface area contributed by atoms with Crippen molar-refractivity contribution in [2.24, 2.45) is 5.92 Å². The summed E-state index contributed by atoms with van der Waals surface area (Å²) >= 11 is 0. The Balaban J connectivity index is 1.49. The molecule has 0 bridgehead atoms. The molecule has 1 saturated carbocycles. The number of rotatable bonds is 11. The molecule has 1 aliphatic heterocycles. The normalized spacial score (nSPS) is 17.5. The van der Waals surface area contributed by atoms with E-state index in [2.05, 4.69) is 25.8 Å². The van der Waals surface area contributed by atoms with Crippen LogP contribution < -0.4 is 21.5 Å². The molecule has 2 fully saturated rings. The highest BCUT2D eigenvalue weighted by Gasteiger charge is 2.44. The number of pyridine rings is 1. The summed E-state index contributed by atoms with van der Waals surface area (Å²) in [6.45, 7) is 4.05. The highest BCUT2D eigenvalue weighted by Crippen LogP contribution is 2.31. The number of aromatic amines is 1. The number of carbonyl (C=O) groups excluding carboxylic acids is 4. The molecule has 4 amide bonds. The van der Waals surface area contributed by atoms with E-state index in [0.717, 1.165) is 43.7 Å². The molecule has 250 valence electrons. The first-order chi connectivity index (χ1) is 21.9. The zero-order valence-electron chi connectivity index (χ0n) is 26.0. The molecule has 2 atom stereocenters. The molecule has 4 N–H and O–H groups in total. The van der Waals surface area contributed by atoms with Gasteiger partial charge < -0.3 is 30.7 Å². The summed E-state index contributed by atoms with van der Waals surface area (Å²) in [6, 6.07) is 3.39. The van der Waals surface area contributed by atoms with Crippen LogP contribution in [0.4, 0.5) is 18.9 Å². The Hall–Kier alpha value is -4.20. The zero-order valence-corrected chi connectivity index (χ0v) is 26.0. The first kappa shape index (κ1) is 34.7. The van der Waals surface area contributed by atoms with Crippen LogP contribution in [0.5, 0.6) is 0 Å². The number of H-pyrrole nitrogens is 1. The number of amides is 4. The van der Waals surface area contributed by atoms with Gasteiger partial charge in [-0.2, -0.15) is 8.78 Å². The quantitative estimate of drug-likeness (QED) is 0.296. The van der Waals surface area contributed by atoms with Crippen LogP contribution in [0.3, 0.4) is 0 Å². The van der Waals surface area contributed by atoms with E-state index in [-0.39, 0.29) is 30.3 Å². The molecule has 46 heavy (non-hydrogen) atoms. The molecule has 1 aliphatic carbocycles.